The molecule has 3 nitrogen and oxygen atoms in total. The zero-order valence-electron chi connectivity index (χ0n) is 15.1. The Morgan fingerprint density at radius 2 is 1.93 bits per heavy atom. The Labute approximate surface area is 156 Å². The van der Waals surface area contributed by atoms with Crippen LogP contribution >= 0.6 is 0 Å². The maximum atomic E-state index is 12.6. The van der Waals surface area contributed by atoms with E-state index < -0.39 is 6.36 Å². The maximum Gasteiger partial charge on any atom is 0.573 e. The van der Waals surface area contributed by atoms with Crippen molar-refractivity contribution < 1.29 is 22.6 Å². The zero-order chi connectivity index (χ0) is 19.0. The van der Waals surface area contributed by atoms with Gasteiger partial charge in [-0.25, -0.2) is 0 Å². The summed E-state index contributed by atoms with van der Waals surface area (Å²) in [6.07, 6.45) is -1.35. The summed E-state index contributed by atoms with van der Waals surface area (Å²) >= 11 is 0. The first-order valence-corrected chi connectivity index (χ1v) is 9.27. The van der Waals surface area contributed by atoms with Crippen LogP contribution in [0.2, 0.25) is 0 Å². The Balaban J connectivity index is 1.70. The minimum Gasteiger partial charge on any atom is -0.406 e. The molecule has 0 aromatic heterocycles. The van der Waals surface area contributed by atoms with Crippen LogP contribution in [0.3, 0.4) is 0 Å². The number of anilines is 2. The minimum absolute atomic E-state index is 0.111. The third kappa shape index (κ3) is 4.38. The highest BCUT2D eigenvalue weighted by atomic mass is 19.4. The summed E-state index contributed by atoms with van der Waals surface area (Å²) in [5.41, 5.74) is 4.21. The van der Waals surface area contributed by atoms with Crippen LogP contribution < -0.4 is 9.64 Å². The van der Waals surface area contributed by atoms with E-state index in [0.717, 1.165) is 12.1 Å². The molecule has 1 fully saturated rings. The van der Waals surface area contributed by atoms with E-state index in [-0.39, 0.29) is 11.9 Å². The summed E-state index contributed by atoms with van der Waals surface area (Å²) in [5.74, 6) is 0.432. The molecule has 1 atom stereocenters. The Kier molecular flexibility index (Phi) is 4.76. The van der Waals surface area contributed by atoms with Crippen molar-refractivity contribution in [3.8, 4) is 5.75 Å². The van der Waals surface area contributed by atoms with Gasteiger partial charge in [-0.1, -0.05) is 18.2 Å². The smallest absolute Gasteiger partial charge is 0.406 e. The molecule has 0 saturated heterocycles. The van der Waals surface area contributed by atoms with Crippen molar-refractivity contribution in [2.24, 2.45) is 0 Å². The molecular weight excluding hydrogens is 355 g/mol. The van der Waals surface area contributed by atoms with Gasteiger partial charge < -0.3 is 14.4 Å². The lowest BCUT2D eigenvalue weighted by molar-refractivity contribution is -0.274. The van der Waals surface area contributed by atoms with E-state index in [1.807, 2.05) is 4.90 Å². The molecule has 4 rings (SSSR count). The Morgan fingerprint density at radius 1 is 1.11 bits per heavy atom. The summed E-state index contributed by atoms with van der Waals surface area (Å²) in [7, 11) is 0. The SMILES string of the molecule is CC1Cc2cc(C3CC3)ccc2N(c2cccc(OC(F)(F)F)c2)CCO1. The third-order valence-corrected chi connectivity index (χ3v) is 5.03. The fraction of sp³-hybridized carbons (Fsp3) is 0.429. The van der Waals surface area contributed by atoms with Crippen molar-refractivity contribution >= 4 is 11.4 Å². The van der Waals surface area contributed by atoms with Crippen LogP contribution in [0.25, 0.3) is 0 Å². The number of hydrogen-bond donors (Lipinski definition) is 0. The standard InChI is InChI=1S/C21H22F3NO2/c1-14-11-17-12-16(15-5-6-15)7-8-20(17)25(9-10-26-14)18-3-2-4-19(13-18)27-21(22,23)24/h2-4,7-8,12-15H,5-6,9-11H2,1H3. The Hall–Kier alpha value is -2.21. The molecular formula is C21H22F3NO2. The van der Waals surface area contributed by atoms with Gasteiger partial charge in [0, 0.05) is 30.4 Å². The van der Waals surface area contributed by atoms with Crippen molar-refractivity contribution in [3.63, 3.8) is 0 Å². The third-order valence-electron chi connectivity index (χ3n) is 5.03. The highest BCUT2D eigenvalue weighted by Gasteiger charge is 2.31. The summed E-state index contributed by atoms with van der Waals surface area (Å²) in [6.45, 7) is 3.13. The van der Waals surface area contributed by atoms with Gasteiger partial charge >= 0.3 is 6.36 Å². The summed E-state index contributed by atoms with van der Waals surface area (Å²) < 4.78 is 47.7. The van der Waals surface area contributed by atoms with Gasteiger partial charge in [-0.3, -0.25) is 0 Å². The van der Waals surface area contributed by atoms with E-state index in [1.165, 1.54) is 36.1 Å². The molecule has 144 valence electrons. The first-order chi connectivity index (χ1) is 12.9. The highest BCUT2D eigenvalue weighted by molar-refractivity contribution is 5.68. The Bertz CT molecular complexity index is 817. The quantitative estimate of drug-likeness (QED) is 0.699. The summed E-state index contributed by atoms with van der Waals surface area (Å²) in [4.78, 5) is 2.02. The van der Waals surface area contributed by atoms with Crippen molar-refractivity contribution in [2.75, 3.05) is 18.1 Å². The van der Waals surface area contributed by atoms with Crippen molar-refractivity contribution in [2.45, 2.75) is 44.6 Å². The van der Waals surface area contributed by atoms with Crippen LogP contribution in [0.5, 0.6) is 5.75 Å². The van der Waals surface area contributed by atoms with Gasteiger partial charge in [0.05, 0.1) is 12.7 Å². The van der Waals surface area contributed by atoms with Gasteiger partial charge in [0.2, 0.25) is 0 Å². The van der Waals surface area contributed by atoms with Gasteiger partial charge in [0.25, 0.3) is 0 Å². The number of benzene rings is 2. The number of fused-ring (bicyclic) bond motifs is 1. The van der Waals surface area contributed by atoms with Crippen LogP contribution in [-0.2, 0) is 11.2 Å². The lowest BCUT2D eigenvalue weighted by Gasteiger charge is -2.31. The van der Waals surface area contributed by atoms with E-state index in [9.17, 15) is 13.2 Å². The number of rotatable bonds is 3. The second kappa shape index (κ2) is 7.08. The van der Waals surface area contributed by atoms with Crippen LogP contribution in [0.1, 0.15) is 36.8 Å². The number of hydrogen-bond acceptors (Lipinski definition) is 3. The average Bonchev–Trinajstić information content (AvgIpc) is 3.41. The van der Waals surface area contributed by atoms with E-state index in [1.54, 1.807) is 12.1 Å². The van der Waals surface area contributed by atoms with Crippen LogP contribution in [0.15, 0.2) is 42.5 Å². The van der Waals surface area contributed by atoms with Crippen molar-refractivity contribution in [1.82, 2.24) is 0 Å². The lowest BCUT2D eigenvalue weighted by Crippen LogP contribution is -2.29. The predicted octanol–water partition coefficient (Wildman–Crippen LogP) is 5.56. The fourth-order valence-electron chi connectivity index (χ4n) is 3.65. The molecule has 0 spiro atoms. The molecule has 27 heavy (non-hydrogen) atoms. The summed E-state index contributed by atoms with van der Waals surface area (Å²) in [5, 5.41) is 0. The zero-order valence-corrected chi connectivity index (χ0v) is 15.1. The molecule has 1 saturated carbocycles. The highest BCUT2D eigenvalue weighted by Crippen LogP contribution is 2.42. The molecule has 2 aromatic rings. The number of nitrogens with zero attached hydrogens (tertiary/aromatic N) is 1. The van der Waals surface area contributed by atoms with Gasteiger partial charge in [-0.05, 0) is 55.0 Å². The molecule has 0 radical (unpaired) electrons. The van der Waals surface area contributed by atoms with Crippen LogP contribution in [0.4, 0.5) is 24.5 Å². The maximum absolute atomic E-state index is 12.6. The van der Waals surface area contributed by atoms with E-state index in [0.29, 0.717) is 24.8 Å². The van der Waals surface area contributed by atoms with Crippen molar-refractivity contribution in [1.29, 1.82) is 0 Å². The molecule has 0 amide bonds. The molecule has 2 aliphatic rings. The monoisotopic (exact) mass is 377 g/mol. The van der Waals surface area contributed by atoms with Crippen molar-refractivity contribution in [3.05, 3.63) is 53.6 Å². The van der Waals surface area contributed by atoms with Crippen LogP contribution in [-0.4, -0.2) is 25.6 Å². The van der Waals surface area contributed by atoms with Gasteiger partial charge in [-0.15, -0.1) is 13.2 Å². The molecule has 1 aliphatic carbocycles. The number of halogens is 3. The molecule has 0 N–H and O–H groups in total. The molecule has 1 aliphatic heterocycles. The Morgan fingerprint density at radius 3 is 2.67 bits per heavy atom. The van der Waals surface area contributed by atoms with Gasteiger partial charge in [0.1, 0.15) is 5.75 Å². The largest absolute Gasteiger partial charge is 0.573 e. The molecule has 0 bridgehead atoms. The lowest BCUT2D eigenvalue weighted by atomic mass is 9.99. The molecule has 1 heterocycles. The second-order valence-corrected chi connectivity index (χ2v) is 7.24. The van der Waals surface area contributed by atoms with Gasteiger partial charge in [0.15, 0.2) is 0 Å². The predicted molar refractivity (Wildman–Crippen MR) is 97.7 cm³/mol. The van der Waals surface area contributed by atoms with Gasteiger partial charge in [-0.2, -0.15) is 0 Å². The van der Waals surface area contributed by atoms with E-state index in [2.05, 4.69) is 29.9 Å². The first kappa shape index (κ1) is 18.2. The summed E-state index contributed by atoms with van der Waals surface area (Å²) in [6, 6.07) is 12.6. The second-order valence-electron chi connectivity index (χ2n) is 7.24. The van der Waals surface area contributed by atoms with Crippen LogP contribution in [0, 0.1) is 0 Å². The minimum atomic E-state index is -4.70. The fourth-order valence-corrected chi connectivity index (χ4v) is 3.65. The molecule has 1 unspecified atom stereocenters. The topological polar surface area (TPSA) is 21.7 Å². The normalized spacial score (nSPS) is 20.6. The molecule has 6 heteroatoms. The first-order valence-electron chi connectivity index (χ1n) is 9.27. The molecule has 2 aromatic carbocycles. The van der Waals surface area contributed by atoms with E-state index in [4.69, 9.17) is 4.74 Å². The average molecular weight is 377 g/mol. The van der Waals surface area contributed by atoms with E-state index >= 15 is 0 Å². The number of alkyl halides is 3. The number of ether oxygens (including phenoxy) is 2.